The first-order valence-electron chi connectivity index (χ1n) is 5.52. The lowest BCUT2D eigenvalue weighted by molar-refractivity contribution is 0.364. The molecule has 1 rings (SSSR count). The molecule has 0 bridgehead atoms. The summed E-state index contributed by atoms with van der Waals surface area (Å²) in [5.74, 6) is 0. The van der Waals surface area contributed by atoms with Crippen molar-refractivity contribution in [2.45, 2.75) is 45.6 Å². The zero-order valence-electron chi connectivity index (χ0n) is 9.32. The molecule has 1 aliphatic rings. The highest BCUT2D eigenvalue weighted by atomic mass is 14.9. The van der Waals surface area contributed by atoms with Crippen LogP contribution in [0, 0.1) is 5.41 Å². The van der Waals surface area contributed by atoms with Crippen molar-refractivity contribution in [3.05, 3.63) is 0 Å². The minimum absolute atomic E-state index is 0.584. The van der Waals surface area contributed by atoms with Crippen molar-refractivity contribution in [3.63, 3.8) is 0 Å². The molecule has 1 aliphatic carbocycles. The predicted octanol–water partition coefficient (Wildman–Crippen LogP) is 1.76. The Bertz CT molecular complexity index is 143. The maximum Gasteiger partial charge on any atom is 0.00723 e. The SMILES string of the molecule is CNCCCNC1CCC(C)(C)C1. The van der Waals surface area contributed by atoms with E-state index >= 15 is 0 Å². The monoisotopic (exact) mass is 184 g/mol. The van der Waals surface area contributed by atoms with Crippen LogP contribution in [0.25, 0.3) is 0 Å². The molecule has 0 aliphatic heterocycles. The van der Waals surface area contributed by atoms with Crippen molar-refractivity contribution in [1.82, 2.24) is 10.6 Å². The lowest BCUT2D eigenvalue weighted by Crippen LogP contribution is -2.29. The summed E-state index contributed by atoms with van der Waals surface area (Å²) in [5, 5.41) is 6.80. The second-order valence-corrected chi connectivity index (χ2v) is 5.02. The number of hydrogen-bond donors (Lipinski definition) is 2. The quantitative estimate of drug-likeness (QED) is 0.636. The zero-order valence-corrected chi connectivity index (χ0v) is 9.32. The van der Waals surface area contributed by atoms with Crippen LogP contribution in [0.5, 0.6) is 0 Å². The molecule has 78 valence electrons. The predicted molar refractivity (Wildman–Crippen MR) is 58.0 cm³/mol. The van der Waals surface area contributed by atoms with Crippen molar-refractivity contribution in [1.29, 1.82) is 0 Å². The average Bonchev–Trinajstić information content (AvgIpc) is 2.40. The molecule has 1 atom stereocenters. The highest BCUT2D eigenvalue weighted by molar-refractivity contribution is 4.86. The first-order chi connectivity index (χ1) is 6.14. The molecule has 0 heterocycles. The first-order valence-corrected chi connectivity index (χ1v) is 5.52. The zero-order chi connectivity index (χ0) is 9.73. The summed E-state index contributed by atoms with van der Waals surface area (Å²) in [6, 6.07) is 0.784. The molecule has 0 amide bonds. The molecular formula is C11H24N2. The molecular weight excluding hydrogens is 160 g/mol. The Morgan fingerprint density at radius 1 is 1.31 bits per heavy atom. The third-order valence-electron chi connectivity index (χ3n) is 3.01. The van der Waals surface area contributed by atoms with Crippen molar-refractivity contribution >= 4 is 0 Å². The van der Waals surface area contributed by atoms with Crippen LogP contribution in [0.15, 0.2) is 0 Å². The normalized spacial score (nSPS) is 26.5. The van der Waals surface area contributed by atoms with Crippen LogP contribution in [0.2, 0.25) is 0 Å². The molecule has 1 fully saturated rings. The van der Waals surface area contributed by atoms with Crippen LogP contribution in [-0.4, -0.2) is 26.2 Å². The highest BCUT2D eigenvalue weighted by Gasteiger charge is 2.30. The molecule has 0 aromatic rings. The van der Waals surface area contributed by atoms with Crippen LogP contribution in [0.3, 0.4) is 0 Å². The summed E-state index contributed by atoms with van der Waals surface area (Å²) in [4.78, 5) is 0. The summed E-state index contributed by atoms with van der Waals surface area (Å²) in [5.41, 5.74) is 0.584. The minimum Gasteiger partial charge on any atom is -0.320 e. The van der Waals surface area contributed by atoms with E-state index < -0.39 is 0 Å². The lowest BCUT2D eigenvalue weighted by atomic mass is 9.92. The van der Waals surface area contributed by atoms with Crippen LogP contribution in [0.4, 0.5) is 0 Å². The molecule has 0 aromatic carbocycles. The first kappa shape index (κ1) is 11.0. The van der Waals surface area contributed by atoms with Gasteiger partial charge in [-0.2, -0.15) is 0 Å². The second-order valence-electron chi connectivity index (χ2n) is 5.02. The second kappa shape index (κ2) is 4.97. The molecule has 1 saturated carbocycles. The highest BCUT2D eigenvalue weighted by Crippen LogP contribution is 2.36. The Hall–Kier alpha value is -0.0800. The summed E-state index contributed by atoms with van der Waals surface area (Å²) in [7, 11) is 2.01. The van der Waals surface area contributed by atoms with E-state index in [9.17, 15) is 0 Å². The fraction of sp³-hybridized carbons (Fsp3) is 1.00. The minimum atomic E-state index is 0.584. The van der Waals surface area contributed by atoms with E-state index in [4.69, 9.17) is 0 Å². The lowest BCUT2D eigenvalue weighted by Gasteiger charge is -2.17. The van der Waals surface area contributed by atoms with Gasteiger partial charge < -0.3 is 10.6 Å². The smallest absolute Gasteiger partial charge is 0.00723 e. The van der Waals surface area contributed by atoms with E-state index in [2.05, 4.69) is 24.5 Å². The van der Waals surface area contributed by atoms with Gasteiger partial charge in [0.15, 0.2) is 0 Å². The molecule has 0 spiro atoms. The summed E-state index contributed by atoms with van der Waals surface area (Å²) in [6.07, 6.45) is 5.35. The van der Waals surface area contributed by atoms with E-state index in [0.29, 0.717) is 5.41 Å². The van der Waals surface area contributed by atoms with E-state index in [1.165, 1.54) is 32.2 Å². The van der Waals surface area contributed by atoms with Crippen LogP contribution in [0.1, 0.15) is 39.5 Å². The maximum atomic E-state index is 3.63. The van der Waals surface area contributed by atoms with Gasteiger partial charge >= 0.3 is 0 Å². The molecule has 2 heteroatoms. The van der Waals surface area contributed by atoms with Crippen molar-refractivity contribution in [2.24, 2.45) is 5.41 Å². The number of rotatable bonds is 5. The Labute approximate surface area is 82.5 Å². The summed E-state index contributed by atoms with van der Waals surface area (Å²) in [6.45, 7) is 7.05. The number of hydrogen-bond acceptors (Lipinski definition) is 2. The molecule has 0 aromatic heterocycles. The topological polar surface area (TPSA) is 24.1 Å². The van der Waals surface area contributed by atoms with E-state index in [1.807, 2.05) is 7.05 Å². The Morgan fingerprint density at radius 2 is 2.08 bits per heavy atom. The van der Waals surface area contributed by atoms with Gasteiger partial charge in [0.1, 0.15) is 0 Å². The van der Waals surface area contributed by atoms with E-state index in [0.717, 1.165) is 12.6 Å². The average molecular weight is 184 g/mol. The van der Waals surface area contributed by atoms with Gasteiger partial charge in [0.25, 0.3) is 0 Å². The van der Waals surface area contributed by atoms with Gasteiger partial charge in [-0.3, -0.25) is 0 Å². The molecule has 2 nitrogen and oxygen atoms in total. The molecule has 1 unspecified atom stereocenters. The maximum absolute atomic E-state index is 3.63. The summed E-state index contributed by atoms with van der Waals surface area (Å²) >= 11 is 0. The standard InChI is InChI=1S/C11H24N2/c1-11(2)6-5-10(9-11)13-8-4-7-12-3/h10,12-13H,4-9H2,1-3H3. The molecule has 13 heavy (non-hydrogen) atoms. The van der Waals surface area contributed by atoms with Crippen molar-refractivity contribution < 1.29 is 0 Å². The van der Waals surface area contributed by atoms with Crippen molar-refractivity contribution in [3.8, 4) is 0 Å². The fourth-order valence-electron chi connectivity index (χ4n) is 2.18. The van der Waals surface area contributed by atoms with Gasteiger partial charge in [0.05, 0.1) is 0 Å². The van der Waals surface area contributed by atoms with Crippen molar-refractivity contribution in [2.75, 3.05) is 20.1 Å². The molecule has 0 saturated heterocycles. The van der Waals surface area contributed by atoms with Gasteiger partial charge in [-0.05, 0) is 51.2 Å². The Morgan fingerprint density at radius 3 is 2.62 bits per heavy atom. The van der Waals surface area contributed by atoms with Gasteiger partial charge in [-0.1, -0.05) is 13.8 Å². The van der Waals surface area contributed by atoms with Gasteiger partial charge in [-0.25, -0.2) is 0 Å². The third-order valence-corrected chi connectivity index (χ3v) is 3.01. The van der Waals surface area contributed by atoms with E-state index in [-0.39, 0.29) is 0 Å². The van der Waals surface area contributed by atoms with Crippen LogP contribution in [-0.2, 0) is 0 Å². The molecule has 2 N–H and O–H groups in total. The number of nitrogens with one attached hydrogen (secondary N) is 2. The van der Waals surface area contributed by atoms with Gasteiger partial charge in [-0.15, -0.1) is 0 Å². The van der Waals surface area contributed by atoms with Gasteiger partial charge in [0.2, 0.25) is 0 Å². The third kappa shape index (κ3) is 4.10. The van der Waals surface area contributed by atoms with Crippen LogP contribution < -0.4 is 10.6 Å². The molecule has 0 radical (unpaired) electrons. The van der Waals surface area contributed by atoms with Gasteiger partial charge in [0, 0.05) is 6.04 Å². The van der Waals surface area contributed by atoms with Crippen LogP contribution >= 0.6 is 0 Å². The summed E-state index contributed by atoms with van der Waals surface area (Å²) < 4.78 is 0. The Kier molecular flexibility index (Phi) is 4.20. The largest absolute Gasteiger partial charge is 0.320 e. The Balaban J connectivity index is 2.04. The fourth-order valence-corrected chi connectivity index (χ4v) is 2.18. The van der Waals surface area contributed by atoms with E-state index in [1.54, 1.807) is 0 Å².